The van der Waals surface area contributed by atoms with Gasteiger partial charge in [-0.25, -0.2) is 0 Å². The second-order valence-corrected chi connectivity index (χ2v) is 3.70. The summed E-state index contributed by atoms with van der Waals surface area (Å²) < 4.78 is 0.844. The molecule has 0 aliphatic heterocycles. The molecule has 1 heterocycles. The van der Waals surface area contributed by atoms with Gasteiger partial charge in [0.2, 0.25) is 0 Å². The Bertz CT molecular complexity index is 515. The maximum atomic E-state index is 11.4. The quantitative estimate of drug-likeness (QED) is 0.724. The number of nitrogens with two attached hydrogens (primary N) is 1. The molecule has 14 heavy (non-hydrogen) atoms. The highest BCUT2D eigenvalue weighted by molar-refractivity contribution is 9.10. The van der Waals surface area contributed by atoms with E-state index in [9.17, 15) is 4.79 Å². The molecule has 0 bridgehead atoms. The molecule has 2 rings (SSSR count). The van der Waals surface area contributed by atoms with Crippen LogP contribution >= 0.6 is 15.9 Å². The summed E-state index contributed by atoms with van der Waals surface area (Å²) in [5, 5.41) is 5.02. The first-order valence-electron chi connectivity index (χ1n) is 4.01. The Morgan fingerprint density at radius 1 is 1.21 bits per heavy atom. The van der Waals surface area contributed by atoms with Gasteiger partial charge in [-0.3, -0.25) is 15.0 Å². The highest BCUT2D eigenvalue weighted by atomic mass is 79.9. The Hall–Kier alpha value is -1.49. The lowest BCUT2D eigenvalue weighted by Crippen LogP contribution is -2.02. The molecule has 0 radical (unpaired) electrons. The summed E-state index contributed by atoms with van der Waals surface area (Å²) in [6, 6.07) is 7.43. The van der Waals surface area contributed by atoms with E-state index in [4.69, 9.17) is 5.73 Å². The predicted molar refractivity (Wildman–Crippen MR) is 59.0 cm³/mol. The summed E-state index contributed by atoms with van der Waals surface area (Å²) in [7, 11) is 0. The van der Waals surface area contributed by atoms with E-state index in [1.165, 1.54) is 0 Å². The fourth-order valence-electron chi connectivity index (χ4n) is 1.30. The molecule has 0 saturated carbocycles. The Kier molecular flexibility index (Phi) is 2.17. The van der Waals surface area contributed by atoms with Gasteiger partial charge in [0, 0.05) is 10.0 Å². The molecule has 0 saturated heterocycles. The molecule has 4 N–H and O–H groups in total. The molecule has 0 fully saturated rings. The first-order valence-corrected chi connectivity index (χ1v) is 4.80. The molecule has 2 aromatic rings. The summed E-state index contributed by atoms with van der Waals surface area (Å²) in [5.41, 5.74) is 6.68. The highest BCUT2D eigenvalue weighted by Crippen LogP contribution is 2.27. The van der Waals surface area contributed by atoms with Crippen molar-refractivity contribution in [1.82, 2.24) is 10.2 Å². The average molecular weight is 254 g/mol. The number of nitrogens with one attached hydrogen (secondary N) is 2. The first-order chi connectivity index (χ1) is 6.70. The first kappa shape index (κ1) is 9.08. The minimum atomic E-state index is -0.214. The minimum Gasteiger partial charge on any atom is -0.383 e. The molecule has 72 valence electrons. The normalized spacial score (nSPS) is 10.4. The molecular weight excluding hydrogens is 246 g/mol. The number of nitrogen functional groups attached to an aromatic ring is 1. The van der Waals surface area contributed by atoms with Gasteiger partial charge in [-0.15, -0.1) is 0 Å². The standard InChI is InChI=1S/C9H8BrN3O/c10-6-4-2-1-3-5(6)7-8(11)12-13-9(7)14/h1-4H,(H4,11,12,13,14). The van der Waals surface area contributed by atoms with Gasteiger partial charge in [0.15, 0.2) is 0 Å². The largest absolute Gasteiger partial charge is 0.383 e. The molecule has 0 spiro atoms. The number of hydrogen-bond donors (Lipinski definition) is 3. The van der Waals surface area contributed by atoms with Crippen molar-refractivity contribution in [2.45, 2.75) is 0 Å². The van der Waals surface area contributed by atoms with Crippen molar-refractivity contribution in [2.75, 3.05) is 5.73 Å². The van der Waals surface area contributed by atoms with Crippen LogP contribution in [0, 0.1) is 0 Å². The third-order valence-corrected chi connectivity index (χ3v) is 2.64. The van der Waals surface area contributed by atoms with E-state index in [0.29, 0.717) is 11.4 Å². The number of benzene rings is 1. The summed E-state index contributed by atoms with van der Waals surface area (Å²) in [6.07, 6.45) is 0. The minimum absolute atomic E-state index is 0.214. The van der Waals surface area contributed by atoms with Crippen LogP contribution < -0.4 is 11.3 Å². The van der Waals surface area contributed by atoms with Crippen LogP contribution in [0.1, 0.15) is 0 Å². The fourth-order valence-corrected chi connectivity index (χ4v) is 1.79. The Labute approximate surface area is 88.3 Å². The van der Waals surface area contributed by atoms with Crippen LogP contribution in [0.2, 0.25) is 0 Å². The molecular formula is C9H8BrN3O. The van der Waals surface area contributed by atoms with Gasteiger partial charge in [-0.1, -0.05) is 34.1 Å². The molecule has 0 aliphatic rings. The zero-order valence-corrected chi connectivity index (χ0v) is 8.76. The van der Waals surface area contributed by atoms with Gasteiger partial charge in [0.05, 0.1) is 5.56 Å². The summed E-state index contributed by atoms with van der Waals surface area (Å²) in [4.78, 5) is 11.4. The van der Waals surface area contributed by atoms with Crippen LogP contribution in [0.4, 0.5) is 5.82 Å². The number of rotatable bonds is 1. The SMILES string of the molecule is Nc1[nH][nH]c(=O)c1-c1ccccc1Br. The Balaban J connectivity index is 2.72. The number of aromatic amines is 2. The zero-order chi connectivity index (χ0) is 10.1. The second kappa shape index (κ2) is 3.34. The van der Waals surface area contributed by atoms with Crippen LogP contribution in [0.15, 0.2) is 33.5 Å². The lowest BCUT2D eigenvalue weighted by Gasteiger charge is -2.00. The summed E-state index contributed by atoms with van der Waals surface area (Å²) in [6.45, 7) is 0. The van der Waals surface area contributed by atoms with Crippen LogP contribution in [0.25, 0.3) is 11.1 Å². The van der Waals surface area contributed by atoms with E-state index in [2.05, 4.69) is 26.1 Å². The van der Waals surface area contributed by atoms with E-state index in [-0.39, 0.29) is 5.56 Å². The Morgan fingerprint density at radius 2 is 1.93 bits per heavy atom. The topological polar surface area (TPSA) is 74.7 Å². The molecule has 1 aromatic carbocycles. The number of anilines is 1. The van der Waals surface area contributed by atoms with E-state index < -0.39 is 0 Å². The molecule has 0 aliphatic carbocycles. The van der Waals surface area contributed by atoms with Crippen LogP contribution in [-0.4, -0.2) is 10.2 Å². The van der Waals surface area contributed by atoms with E-state index in [0.717, 1.165) is 10.0 Å². The number of aromatic nitrogens is 2. The smallest absolute Gasteiger partial charge is 0.274 e. The average Bonchev–Trinajstić information content (AvgIpc) is 2.48. The molecule has 1 aromatic heterocycles. The molecule has 5 heteroatoms. The second-order valence-electron chi connectivity index (χ2n) is 2.85. The monoisotopic (exact) mass is 253 g/mol. The number of hydrogen-bond acceptors (Lipinski definition) is 2. The lowest BCUT2D eigenvalue weighted by molar-refractivity contribution is 1.06. The van der Waals surface area contributed by atoms with Crippen molar-refractivity contribution < 1.29 is 0 Å². The van der Waals surface area contributed by atoms with Crippen molar-refractivity contribution in [1.29, 1.82) is 0 Å². The van der Waals surface area contributed by atoms with Crippen molar-refractivity contribution in [2.24, 2.45) is 0 Å². The zero-order valence-electron chi connectivity index (χ0n) is 7.17. The third kappa shape index (κ3) is 1.35. The Morgan fingerprint density at radius 3 is 2.50 bits per heavy atom. The van der Waals surface area contributed by atoms with Crippen molar-refractivity contribution in [3.63, 3.8) is 0 Å². The fraction of sp³-hybridized carbons (Fsp3) is 0. The van der Waals surface area contributed by atoms with Crippen molar-refractivity contribution in [3.8, 4) is 11.1 Å². The summed E-state index contributed by atoms with van der Waals surface area (Å²) in [5.74, 6) is 0.349. The molecule has 0 amide bonds. The summed E-state index contributed by atoms with van der Waals surface area (Å²) >= 11 is 3.36. The molecule has 0 unspecified atom stereocenters. The number of halogens is 1. The lowest BCUT2D eigenvalue weighted by atomic mass is 10.1. The van der Waals surface area contributed by atoms with Crippen molar-refractivity contribution >= 4 is 21.7 Å². The maximum absolute atomic E-state index is 11.4. The van der Waals surface area contributed by atoms with Gasteiger partial charge >= 0.3 is 0 Å². The van der Waals surface area contributed by atoms with Crippen molar-refractivity contribution in [3.05, 3.63) is 39.1 Å². The van der Waals surface area contributed by atoms with E-state index >= 15 is 0 Å². The van der Waals surface area contributed by atoms with Gasteiger partial charge < -0.3 is 5.73 Å². The van der Waals surface area contributed by atoms with Gasteiger partial charge in [0.25, 0.3) is 5.56 Å². The van der Waals surface area contributed by atoms with Crippen LogP contribution in [0.3, 0.4) is 0 Å². The van der Waals surface area contributed by atoms with E-state index in [1.807, 2.05) is 24.3 Å². The van der Waals surface area contributed by atoms with Crippen LogP contribution in [0.5, 0.6) is 0 Å². The highest BCUT2D eigenvalue weighted by Gasteiger charge is 2.11. The van der Waals surface area contributed by atoms with Gasteiger partial charge in [-0.2, -0.15) is 0 Å². The third-order valence-electron chi connectivity index (χ3n) is 1.95. The van der Waals surface area contributed by atoms with Crippen LogP contribution in [-0.2, 0) is 0 Å². The molecule has 0 atom stereocenters. The van der Waals surface area contributed by atoms with E-state index in [1.54, 1.807) is 0 Å². The van der Waals surface area contributed by atoms with Gasteiger partial charge in [0.1, 0.15) is 5.82 Å². The predicted octanol–water partition coefficient (Wildman–Crippen LogP) is 1.71. The number of H-pyrrole nitrogens is 2. The van der Waals surface area contributed by atoms with Gasteiger partial charge in [-0.05, 0) is 6.07 Å². The maximum Gasteiger partial charge on any atom is 0.274 e. The molecule has 4 nitrogen and oxygen atoms in total.